The summed E-state index contributed by atoms with van der Waals surface area (Å²) in [5.74, 6) is -0.0890. The van der Waals surface area contributed by atoms with Crippen molar-refractivity contribution in [2.75, 3.05) is 13.2 Å². The highest BCUT2D eigenvalue weighted by molar-refractivity contribution is 5.76. The first-order chi connectivity index (χ1) is 29.5. The van der Waals surface area contributed by atoms with Crippen molar-refractivity contribution in [2.24, 2.45) is 0 Å². The number of amides is 1. The first-order valence-corrected chi connectivity index (χ1v) is 26.9. The van der Waals surface area contributed by atoms with Crippen molar-refractivity contribution in [2.45, 2.75) is 309 Å². The molecule has 0 heterocycles. The number of carbonyl (C=O) groups is 2. The lowest BCUT2D eigenvalue weighted by atomic mass is 10.0. The standard InChI is InChI=1S/C54H105NO5/c1-3-5-7-9-11-13-15-17-19-20-21-22-24-28-32-36-40-44-48-54(59)60-49-45-41-37-33-29-25-27-31-35-39-43-47-53(58)55-51(50-56)52(57)46-42-38-34-30-26-23-18-16-14-12-10-8-6-4-2/h29,33,51-52,56-57H,3-28,30-32,34-50H2,1-2H3,(H,55,58)/b33-29-. The average molecular weight is 848 g/mol. The molecule has 3 N–H and O–H groups in total. The number of carbonyl (C=O) groups excluding carboxylic acids is 2. The zero-order valence-corrected chi connectivity index (χ0v) is 40.5. The van der Waals surface area contributed by atoms with E-state index in [0.717, 1.165) is 77.0 Å². The van der Waals surface area contributed by atoms with E-state index in [4.69, 9.17) is 4.74 Å². The Labute approximate surface area is 374 Å². The van der Waals surface area contributed by atoms with Gasteiger partial charge in [0.1, 0.15) is 0 Å². The van der Waals surface area contributed by atoms with Crippen LogP contribution in [-0.2, 0) is 14.3 Å². The molecule has 0 radical (unpaired) electrons. The summed E-state index contributed by atoms with van der Waals surface area (Å²) in [4.78, 5) is 24.5. The summed E-state index contributed by atoms with van der Waals surface area (Å²) in [5.41, 5.74) is 0. The fourth-order valence-corrected chi connectivity index (χ4v) is 8.40. The van der Waals surface area contributed by atoms with Gasteiger partial charge in [-0.15, -0.1) is 0 Å². The molecule has 0 saturated heterocycles. The molecule has 0 aromatic carbocycles. The van der Waals surface area contributed by atoms with E-state index < -0.39 is 12.1 Å². The molecule has 0 rings (SSSR count). The maximum atomic E-state index is 12.4. The topological polar surface area (TPSA) is 95.9 Å². The van der Waals surface area contributed by atoms with Gasteiger partial charge in [-0.2, -0.15) is 0 Å². The lowest BCUT2D eigenvalue weighted by Crippen LogP contribution is -2.45. The number of aliphatic hydroxyl groups excluding tert-OH is 2. The van der Waals surface area contributed by atoms with E-state index in [9.17, 15) is 19.8 Å². The predicted molar refractivity (Wildman–Crippen MR) is 260 cm³/mol. The Hall–Kier alpha value is -1.40. The Morgan fingerprint density at radius 1 is 0.450 bits per heavy atom. The number of ether oxygens (including phenoxy) is 1. The molecule has 0 spiro atoms. The number of nitrogens with one attached hydrogen (secondary N) is 1. The minimum atomic E-state index is -0.681. The Bertz CT molecular complexity index is 893. The van der Waals surface area contributed by atoms with Crippen molar-refractivity contribution in [1.29, 1.82) is 0 Å². The molecule has 0 saturated carbocycles. The number of rotatable bonds is 50. The third kappa shape index (κ3) is 46.1. The quantitative estimate of drug-likeness (QED) is 0.0322. The van der Waals surface area contributed by atoms with E-state index in [2.05, 4.69) is 31.3 Å². The first-order valence-electron chi connectivity index (χ1n) is 26.9. The van der Waals surface area contributed by atoms with Crippen molar-refractivity contribution < 1.29 is 24.5 Å². The van der Waals surface area contributed by atoms with Crippen molar-refractivity contribution in [3.8, 4) is 0 Å². The molecule has 6 nitrogen and oxygen atoms in total. The molecule has 2 atom stereocenters. The van der Waals surface area contributed by atoms with Crippen LogP contribution in [0.5, 0.6) is 0 Å². The molecule has 2 unspecified atom stereocenters. The van der Waals surface area contributed by atoms with E-state index >= 15 is 0 Å². The number of allylic oxidation sites excluding steroid dienone is 2. The fourth-order valence-electron chi connectivity index (χ4n) is 8.40. The van der Waals surface area contributed by atoms with Gasteiger partial charge in [0.05, 0.1) is 25.4 Å². The molecule has 0 bridgehead atoms. The summed E-state index contributed by atoms with van der Waals surface area (Å²) in [6, 6.07) is -0.561. The number of unbranched alkanes of at least 4 members (excludes halogenated alkanes) is 37. The van der Waals surface area contributed by atoms with Crippen molar-refractivity contribution >= 4 is 11.9 Å². The summed E-state index contributed by atoms with van der Waals surface area (Å²) in [6.07, 6.45) is 57.6. The molecule has 0 aromatic heterocycles. The second-order valence-corrected chi connectivity index (χ2v) is 18.6. The zero-order chi connectivity index (χ0) is 43.7. The van der Waals surface area contributed by atoms with Crippen LogP contribution in [0.15, 0.2) is 12.2 Å². The van der Waals surface area contributed by atoms with E-state index in [0.29, 0.717) is 25.9 Å². The summed E-state index contributed by atoms with van der Waals surface area (Å²) in [7, 11) is 0. The predicted octanol–water partition coefficient (Wildman–Crippen LogP) is 16.1. The maximum Gasteiger partial charge on any atom is 0.305 e. The minimum Gasteiger partial charge on any atom is -0.466 e. The molecule has 6 heteroatoms. The second-order valence-electron chi connectivity index (χ2n) is 18.6. The number of esters is 1. The Kier molecular flexibility index (Phi) is 49.1. The van der Waals surface area contributed by atoms with Gasteiger partial charge in [-0.1, -0.05) is 244 Å². The molecule has 356 valence electrons. The number of hydrogen-bond acceptors (Lipinski definition) is 5. The zero-order valence-electron chi connectivity index (χ0n) is 40.5. The van der Waals surface area contributed by atoms with Crippen LogP contribution in [0.1, 0.15) is 296 Å². The van der Waals surface area contributed by atoms with Crippen LogP contribution in [0, 0.1) is 0 Å². The normalized spacial score (nSPS) is 12.7. The molecule has 0 fully saturated rings. The lowest BCUT2D eigenvalue weighted by Gasteiger charge is -2.22. The van der Waals surface area contributed by atoms with Gasteiger partial charge in [0.25, 0.3) is 0 Å². The van der Waals surface area contributed by atoms with Gasteiger partial charge in [-0.25, -0.2) is 0 Å². The van der Waals surface area contributed by atoms with Crippen LogP contribution in [0.2, 0.25) is 0 Å². The summed E-state index contributed by atoms with van der Waals surface area (Å²) in [6.45, 7) is 4.89. The highest BCUT2D eigenvalue weighted by atomic mass is 16.5. The van der Waals surface area contributed by atoms with Gasteiger partial charge in [-0.05, 0) is 51.4 Å². The summed E-state index contributed by atoms with van der Waals surface area (Å²) >= 11 is 0. The largest absolute Gasteiger partial charge is 0.466 e. The van der Waals surface area contributed by atoms with Crippen LogP contribution in [-0.4, -0.2) is 47.4 Å². The Morgan fingerprint density at radius 2 is 0.783 bits per heavy atom. The molecule has 1 amide bonds. The summed E-state index contributed by atoms with van der Waals surface area (Å²) < 4.78 is 5.45. The highest BCUT2D eigenvalue weighted by Crippen LogP contribution is 2.17. The third-order valence-corrected chi connectivity index (χ3v) is 12.6. The van der Waals surface area contributed by atoms with Crippen molar-refractivity contribution in [3.63, 3.8) is 0 Å². The van der Waals surface area contributed by atoms with Crippen molar-refractivity contribution in [1.82, 2.24) is 5.32 Å². The number of hydrogen-bond donors (Lipinski definition) is 3. The highest BCUT2D eigenvalue weighted by Gasteiger charge is 2.20. The van der Waals surface area contributed by atoms with Crippen LogP contribution >= 0.6 is 0 Å². The maximum absolute atomic E-state index is 12.4. The smallest absolute Gasteiger partial charge is 0.305 e. The van der Waals surface area contributed by atoms with Gasteiger partial charge in [0.15, 0.2) is 0 Å². The average Bonchev–Trinajstić information content (AvgIpc) is 3.25. The van der Waals surface area contributed by atoms with Crippen molar-refractivity contribution in [3.05, 3.63) is 12.2 Å². The molecule has 0 aliphatic rings. The van der Waals surface area contributed by atoms with Crippen LogP contribution in [0.25, 0.3) is 0 Å². The van der Waals surface area contributed by atoms with E-state index in [1.54, 1.807) is 0 Å². The molecular formula is C54H105NO5. The molecule has 0 aliphatic heterocycles. The Morgan fingerprint density at radius 3 is 1.18 bits per heavy atom. The van der Waals surface area contributed by atoms with E-state index in [-0.39, 0.29) is 18.5 Å². The van der Waals surface area contributed by atoms with Gasteiger partial charge in [-0.3, -0.25) is 9.59 Å². The van der Waals surface area contributed by atoms with Gasteiger partial charge >= 0.3 is 5.97 Å². The minimum absolute atomic E-state index is 0.0265. The van der Waals surface area contributed by atoms with E-state index in [1.165, 1.54) is 186 Å². The van der Waals surface area contributed by atoms with E-state index in [1.807, 2.05) is 0 Å². The third-order valence-electron chi connectivity index (χ3n) is 12.6. The monoisotopic (exact) mass is 848 g/mol. The molecule has 0 aliphatic carbocycles. The first kappa shape index (κ1) is 58.6. The molecule has 60 heavy (non-hydrogen) atoms. The second kappa shape index (κ2) is 50.2. The molecular weight excluding hydrogens is 743 g/mol. The van der Waals surface area contributed by atoms with Gasteiger partial charge < -0.3 is 20.3 Å². The lowest BCUT2D eigenvalue weighted by molar-refractivity contribution is -0.143. The van der Waals surface area contributed by atoms with Crippen LogP contribution < -0.4 is 5.32 Å². The SMILES string of the molecule is CCCCCCCCCCCCCCCCCCCCC(=O)OCCCC/C=C\CCCCCCCC(=O)NC(CO)C(O)CCCCCCCCCCCCCCCC. The summed E-state index contributed by atoms with van der Waals surface area (Å²) in [5, 5.41) is 23.2. The Balaban J connectivity index is 3.48. The van der Waals surface area contributed by atoms with Gasteiger partial charge in [0, 0.05) is 12.8 Å². The van der Waals surface area contributed by atoms with Crippen LogP contribution in [0.3, 0.4) is 0 Å². The van der Waals surface area contributed by atoms with Gasteiger partial charge in [0.2, 0.25) is 5.91 Å². The number of aliphatic hydroxyl groups is 2. The molecule has 0 aromatic rings. The fraction of sp³-hybridized carbons (Fsp3) is 0.926. The van der Waals surface area contributed by atoms with Crippen LogP contribution in [0.4, 0.5) is 0 Å².